The van der Waals surface area contributed by atoms with Crippen LogP contribution in [0.15, 0.2) is 46.9 Å². The van der Waals surface area contributed by atoms with Crippen LogP contribution in [0.1, 0.15) is 11.1 Å². The molecule has 0 saturated heterocycles. The molecule has 0 fully saturated rings. The van der Waals surface area contributed by atoms with Crippen LogP contribution >= 0.6 is 24.2 Å². The Morgan fingerprint density at radius 2 is 1.81 bits per heavy atom. The van der Waals surface area contributed by atoms with Gasteiger partial charge in [0.25, 0.3) is 0 Å². The van der Waals surface area contributed by atoms with Crippen molar-refractivity contribution in [3.63, 3.8) is 0 Å². The van der Waals surface area contributed by atoms with E-state index in [1.165, 1.54) is 0 Å². The Morgan fingerprint density at radius 3 is 2.54 bits per heavy atom. The van der Waals surface area contributed by atoms with Gasteiger partial charge >= 0.3 is 5.97 Å². The van der Waals surface area contributed by atoms with Crippen molar-refractivity contribution < 1.29 is 23.8 Å². The van der Waals surface area contributed by atoms with E-state index in [9.17, 15) is 9.90 Å². The zero-order valence-corrected chi connectivity index (χ0v) is 14.8. The fourth-order valence-corrected chi connectivity index (χ4v) is 2.83. The standard InChI is InChI=1S/C18H12ClNO5S/c19-11-4-1-9(2-5-11)15-14(20-17(25-15)16(26)18(21)22)10-3-6-12-13(7-10)24-8-23-12/h1-7,16,26H,8H2,(H,21,22). The normalized spacial score (nSPS) is 13.6. The summed E-state index contributed by atoms with van der Waals surface area (Å²) in [4.78, 5) is 15.6. The molecule has 1 atom stereocenters. The topological polar surface area (TPSA) is 81.8 Å². The molecule has 1 aliphatic heterocycles. The fourth-order valence-electron chi connectivity index (χ4n) is 2.60. The largest absolute Gasteiger partial charge is 0.480 e. The van der Waals surface area contributed by atoms with Crippen molar-refractivity contribution in [2.45, 2.75) is 5.25 Å². The molecule has 0 amide bonds. The molecule has 8 heteroatoms. The predicted octanol–water partition coefficient (Wildman–Crippen LogP) is 4.45. The first-order valence-electron chi connectivity index (χ1n) is 7.60. The molecule has 2 aromatic carbocycles. The highest BCUT2D eigenvalue weighted by Crippen LogP contribution is 2.40. The number of hydrogen-bond donors (Lipinski definition) is 2. The minimum absolute atomic E-state index is 0.00144. The Morgan fingerprint density at radius 1 is 1.12 bits per heavy atom. The maximum atomic E-state index is 11.3. The van der Waals surface area contributed by atoms with Gasteiger partial charge in [0.2, 0.25) is 12.7 Å². The van der Waals surface area contributed by atoms with Crippen molar-refractivity contribution in [1.82, 2.24) is 4.98 Å². The number of carboxylic acids is 1. The minimum atomic E-state index is -1.18. The van der Waals surface area contributed by atoms with E-state index in [-0.39, 0.29) is 12.7 Å². The summed E-state index contributed by atoms with van der Waals surface area (Å²) in [7, 11) is 0. The summed E-state index contributed by atoms with van der Waals surface area (Å²) in [5.74, 6) is 0.515. The molecule has 6 nitrogen and oxygen atoms in total. The summed E-state index contributed by atoms with van der Waals surface area (Å²) in [5, 5.41) is 8.61. The van der Waals surface area contributed by atoms with Crippen LogP contribution in [-0.2, 0) is 4.79 Å². The van der Waals surface area contributed by atoms with Gasteiger partial charge in [-0.1, -0.05) is 11.6 Å². The molecule has 1 aliphatic rings. The highest BCUT2D eigenvalue weighted by atomic mass is 35.5. The molecule has 0 bridgehead atoms. The Kier molecular flexibility index (Phi) is 4.26. The Bertz CT molecular complexity index is 986. The van der Waals surface area contributed by atoms with Gasteiger partial charge in [0.15, 0.2) is 22.5 Å². The summed E-state index contributed by atoms with van der Waals surface area (Å²) in [6, 6.07) is 12.3. The number of benzene rings is 2. The highest BCUT2D eigenvalue weighted by molar-refractivity contribution is 7.81. The molecule has 1 aromatic heterocycles. The Hall–Kier alpha value is -2.64. The van der Waals surface area contributed by atoms with Gasteiger partial charge in [-0.3, -0.25) is 4.79 Å². The number of halogens is 1. The summed E-state index contributed by atoms with van der Waals surface area (Å²) in [6.45, 7) is 0.157. The number of aliphatic carboxylic acids is 1. The number of hydrogen-bond acceptors (Lipinski definition) is 6. The van der Waals surface area contributed by atoms with Crippen molar-refractivity contribution in [3.8, 4) is 34.1 Å². The Balaban J connectivity index is 1.86. The second-order valence-electron chi connectivity index (χ2n) is 5.55. The molecule has 26 heavy (non-hydrogen) atoms. The maximum absolute atomic E-state index is 11.3. The number of thiol groups is 1. The number of rotatable bonds is 4. The number of fused-ring (bicyclic) bond motifs is 1. The van der Waals surface area contributed by atoms with E-state index in [4.69, 9.17) is 25.5 Å². The van der Waals surface area contributed by atoms with Crippen LogP contribution in [0.3, 0.4) is 0 Å². The molecule has 0 spiro atoms. The second kappa shape index (κ2) is 6.59. The quantitative estimate of drug-likeness (QED) is 0.642. The van der Waals surface area contributed by atoms with Crippen LogP contribution < -0.4 is 9.47 Å². The average Bonchev–Trinajstić information content (AvgIpc) is 3.28. The molecule has 1 unspecified atom stereocenters. The third-order valence-electron chi connectivity index (χ3n) is 3.86. The van der Waals surface area contributed by atoms with Crippen LogP contribution in [0.2, 0.25) is 5.02 Å². The van der Waals surface area contributed by atoms with Crippen molar-refractivity contribution >= 4 is 30.2 Å². The van der Waals surface area contributed by atoms with Gasteiger partial charge in [0.1, 0.15) is 5.69 Å². The number of carbonyl (C=O) groups is 1. The summed E-state index contributed by atoms with van der Waals surface area (Å²) < 4.78 is 16.5. The molecular formula is C18H12ClNO5S. The van der Waals surface area contributed by atoms with E-state index in [1.807, 2.05) is 6.07 Å². The van der Waals surface area contributed by atoms with Gasteiger partial charge in [-0.05, 0) is 42.5 Å². The fraction of sp³-hybridized carbons (Fsp3) is 0.111. The van der Waals surface area contributed by atoms with Gasteiger partial charge in [0.05, 0.1) is 0 Å². The lowest BCUT2D eigenvalue weighted by Crippen LogP contribution is -2.05. The van der Waals surface area contributed by atoms with Crippen molar-refractivity contribution in [2.75, 3.05) is 6.79 Å². The van der Waals surface area contributed by atoms with E-state index in [0.717, 1.165) is 0 Å². The van der Waals surface area contributed by atoms with E-state index in [0.29, 0.717) is 39.1 Å². The molecule has 1 N–H and O–H groups in total. The van der Waals surface area contributed by atoms with Crippen molar-refractivity contribution in [1.29, 1.82) is 0 Å². The third kappa shape index (κ3) is 3.00. The highest BCUT2D eigenvalue weighted by Gasteiger charge is 2.26. The molecule has 3 aromatic rings. The van der Waals surface area contributed by atoms with Gasteiger partial charge in [0, 0.05) is 16.1 Å². The Labute approximate surface area is 158 Å². The van der Waals surface area contributed by atoms with Gasteiger partial charge < -0.3 is 19.0 Å². The first-order valence-corrected chi connectivity index (χ1v) is 8.50. The number of nitrogens with zero attached hydrogens (tertiary/aromatic N) is 1. The minimum Gasteiger partial charge on any atom is -0.480 e. The molecule has 4 rings (SSSR count). The van der Waals surface area contributed by atoms with E-state index in [2.05, 4.69) is 17.6 Å². The van der Waals surface area contributed by atoms with Crippen LogP contribution in [0.25, 0.3) is 22.6 Å². The predicted molar refractivity (Wildman–Crippen MR) is 97.9 cm³/mol. The summed E-state index contributed by atoms with van der Waals surface area (Å²) >= 11 is 10.0. The zero-order valence-electron chi connectivity index (χ0n) is 13.2. The smallest absolute Gasteiger partial charge is 0.325 e. The van der Waals surface area contributed by atoms with Crippen LogP contribution in [-0.4, -0.2) is 22.9 Å². The number of ether oxygens (including phenoxy) is 2. The zero-order chi connectivity index (χ0) is 18.3. The SMILES string of the molecule is O=C(O)C(S)c1nc(-c2ccc3c(c2)OCO3)c(-c2ccc(Cl)cc2)o1. The number of oxazole rings is 1. The second-order valence-corrected chi connectivity index (χ2v) is 6.50. The lowest BCUT2D eigenvalue weighted by Gasteiger charge is -2.03. The molecule has 0 saturated carbocycles. The summed E-state index contributed by atoms with van der Waals surface area (Å²) in [5.41, 5.74) is 1.91. The maximum Gasteiger partial charge on any atom is 0.325 e. The summed E-state index contributed by atoms with van der Waals surface area (Å²) in [6.07, 6.45) is 0. The van der Waals surface area contributed by atoms with Gasteiger partial charge in [-0.2, -0.15) is 12.6 Å². The van der Waals surface area contributed by atoms with Crippen LogP contribution in [0.4, 0.5) is 0 Å². The molecule has 132 valence electrons. The molecular weight excluding hydrogens is 378 g/mol. The van der Waals surface area contributed by atoms with E-state index < -0.39 is 11.2 Å². The van der Waals surface area contributed by atoms with Gasteiger partial charge in [-0.25, -0.2) is 4.98 Å². The lowest BCUT2D eigenvalue weighted by molar-refractivity contribution is -0.136. The number of aromatic nitrogens is 1. The third-order valence-corrected chi connectivity index (χ3v) is 4.56. The van der Waals surface area contributed by atoms with E-state index >= 15 is 0 Å². The lowest BCUT2D eigenvalue weighted by atomic mass is 10.1. The van der Waals surface area contributed by atoms with E-state index in [1.54, 1.807) is 36.4 Å². The average molecular weight is 390 g/mol. The molecule has 0 radical (unpaired) electrons. The van der Waals surface area contributed by atoms with Crippen LogP contribution in [0, 0.1) is 0 Å². The first-order chi connectivity index (χ1) is 12.5. The molecule has 2 heterocycles. The monoisotopic (exact) mass is 389 g/mol. The van der Waals surface area contributed by atoms with Crippen molar-refractivity contribution in [2.24, 2.45) is 0 Å². The molecule has 0 aliphatic carbocycles. The first kappa shape index (κ1) is 16.8. The van der Waals surface area contributed by atoms with Crippen molar-refractivity contribution in [3.05, 3.63) is 53.4 Å². The van der Waals surface area contributed by atoms with Gasteiger partial charge in [-0.15, -0.1) is 0 Å². The van der Waals surface area contributed by atoms with Crippen LogP contribution in [0.5, 0.6) is 11.5 Å². The number of carboxylic acid groups (broad SMARTS) is 1.